The van der Waals surface area contributed by atoms with E-state index in [1.807, 2.05) is 18.2 Å². The molecule has 2 fully saturated rings. The van der Waals surface area contributed by atoms with Crippen molar-refractivity contribution in [3.8, 4) is 5.75 Å². The average Bonchev–Trinajstić information content (AvgIpc) is 3.85. The highest BCUT2D eigenvalue weighted by Gasteiger charge is 2.44. The third-order valence-corrected chi connectivity index (χ3v) is 12.8. The van der Waals surface area contributed by atoms with Crippen LogP contribution in [0.25, 0.3) is 0 Å². The van der Waals surface area contributed by atoms with Crippen LogP contribution in [0.2, 0.25) is 5.02 Å². The first-order chi connectivity index (χ1) is 22.2. The second-order valence-electron chi connectivity index (χ2n) is 14.0. The number of nitrogens with zero attached hydrogens (tertiary/aromatic N) is 2. The Morgan fingerprint density at radius 2 is 2.04 bits per heavy atom. The van der Waals surface area contributed by atoms with Gasteiger partial charge in [-0.25, -0.2) is 4.21 Å². The highest BCUT2D eigenvalue weighted by molar-refractivity contribution is 7.92. The highest BCUT2D eigenvalue weighted by atomic mass is 35.5. The lowest BCUT2D eigenvalue weighted by Crippen LogP contribution is -2.49. The number of aryl methyl sites for hydroxylation is 1. The van der Waals surface area contributed by atoms with Gasteiger partial charge in [0.1, 0.15) is 15.7 Å². The van der Waals surface area contributed by atoms with Crippen molar-refractivity contribution >= 4 is 39.0 Å². The molecule has 0 unspecified atom stereocenters. The number of anilines is 1. The first-order valence-corrected chi connectivity index (χ1v) is 18.9. The van der Waals surface area contributed by atoms with Gasteiger partial charge in [-0.3, -0.25) is 14.3 Å². The van der Waals surface area contributed by atoms with Crippen molar-refractivity contribution in [2.24, 2.45) is 22.1 Å². The monoisotopic (exact) mass is 665 g/mol. The number of amides is 2. The number of benzene rings is 2. The number of hydrogen-bond acceptors (Lipinski definition) is 6. The fourth-order valence-electron chi connectivity index (χ4n) is 7.92. The van der Waals surface area contributed by atoms with Gasteiger partial charge in [0, 0.05) is 42.6 Å². The molecule has 2 aliphatic heterocycles. The molecule has 2 aromatic rings. The summed E-state index contributed by atoms with van der Waals surface area (Å²) < 4.78 is 33.6. The minimum Gasteiger partial charge on any atom is -0.490 e. The molecule has 7 rings (SSSR count). The molecule has 8 nitrogen and oxygen atoms in total. The molecule has 46 heavy (non-hydrogen) atoms. The molecular formula is C36H44ClN3O5S. The molecular weight excluding hydrogens is 622 g/mol. The van der Waals surface area contributed by atoms with E-state index in [-0.39, 0.29) is 23.2 Å². The van der Waals surface area contributed by atoms with Gasteiger partial charge in [-0.15, -0.1) is 4.36 Å². The van der Waals surface area contributed by atoms with E-state index in [9.17, 15) is 13.8 Å². The minimum atomic E-state index is -3.31. The molecule has 2 heterocycles. The Balaban J connectivity index is 1.28. The SMILES string of the molecule is CO[C@H]1/C=C/CCC[S@@](=O)(NC(=O)CC2CC2)=NC(=O)c2ccc3c(c2)N(C[C@@H]2CC[C@H]21)C[C@@]1(CCCc2cc(Cl)ccc21)CO3. The van der Waals surface area contributed by atoms with Gasteiger partial charge < -0.3 is 14.4 Å². The van der Waals surface area contributed by atoms with Gasteiger partial charge in [0.15, 0.2) is 0 Å². The van der Waals surface area contributed by atoms with Gasteiger partial charge >= 0.3 is 0 Å². The molecule has 10 heteroatoms. The molecule has 1 N–H and O–H groups in total. The summed E-state index contributed by atoms with van der Waals surface area (Å²) >= 11 is 6.43. The lowest BCUT2D eigenvalue weighted by atomic mass is 9.68. The van der Waals surface area contributed by atoms with Crippen LogP contribution in [-0.4, -0.2) is 54.7 Å². The van der Waals surface area contributed by atoms with Crippen LogP contribution in [0.5, 0.6) is 5.75 Å². The van der Waals surface area contributed by atoms with Crippen molar-refractivity contribution in [3.05, 3.63) is 70.3 Å². The summed E-state index contributed by atoms with van der Waals surface area (Å²) in [5.41, 5.74) is 3.54. The number of ether oxygens (including phenoxy) is 2. The topological polar surface area (TPSA) is 97.3 Å². The zero-order valence-corrected chi connectivity index (χ0v) is 28.1. The van der Waals surface area contributed by atoms with Crippen LogP contribution in [0.1, 0.15) is 79.3 Å². The van der Waals surface area contributed by atoms with Gasteiger partial charge in [0.05, 0.1) is 24.2 Å². The molecule has 5 atom stereocenters. The normalized spacial score (nSPS) is 31.7. The Labute approximate surface area is 277 Å². The smallest absolute Gasteiger partial charge is 0.286 e. The quantitative estimate of drug-likeness (QED) is 0.368. The predicted octanol–water partition coefficient (Wildman–Crippen LogP) is 6.64. The zero-order chi connectivity index (χ0) is 31.9. The van der Waals surface area contributed by atoms with E-state index in [4.69, 9.17) is 21.1 Å². The Morgan fingerprint density at radius 3 is 2.83 bits per heavy atom. The van der Waals surface area contributed by atoms with Crippen LogP contribution in [-0.2, 0) is 31.3 Å². The Kier molecular flexibility index (Phi) is 8.94. The first kappa shape index (κ1) is 31.7. The van der Waals surface area contributed by atoms with Crippen molar-refractivity contribution in [1.29, 1.82) is 0 Å². The average molecular weight is 666 g/mol. The molecule has 2 bridgehead atoms. The van der Waals surface area contributed by atoms with Crippen LogP contribution in [0.3, 0.4) is 0 Å². The van der Waals surface area contributed by atoms with E-state index in [1.165, 1.54) is 11.1 Å². The molecule has 3 aliphatic carbocycles. The highest BCUT2D eigenvalue weighted by Crippen LogP contribution is 2.47. The van der Waals surface area contributed by atoms with E-state index in [1.54, 1.807) is 13.2 Å². The van der Waals surface area contributed by atoms with Crippen LogP contribution in [0, 0.1) is 17.8 Å². The van der Waals surface area contributed by atoms with E-state index < -0.39 is 15.8 Å². The fourth-order valence-corrected chi connectivity index (χ4v) is 9.72. The summed E-state index contributed by atoms with van der Waals surface area (Å²) in [6, 6.07) is 11.7. The number of halogens is 1. The van der Waals surface area contributed by atoms with Crippen molar-refractivity contribution < 1.29 is 23.3 Å². The zero-order valence-electron chi connectivity index (χ0n) is 26.5. The third kappa shape index (κ3) is 6.60. The van der Waals surface area contributed by atoms with Gasteiger partial charge in [0.25, 0.3) is 5.91 Å². The summed E-state index contributed by atoms with van der Waals surface area (Å²) in [5.74, 6) is 1.08. The standard InChI is InChI=1S/C36H44ClN3O5S/c1-44-32-7-3-2-4-17-46(43,38-34(41)18-24-8-9-24)39-35(42)26-11-15-33-31(20-26)40(21-27-10-13-29(27)32)22-36(23-45-33)16-5-6-25-19-28(37)12-14-30(25)36/h3,7,11-12,14-15,19-20,24,27,29,32H,2,4-6,8-10,13,16-18,21-23H2,1H3,(H,38,39,41,42,43)/b7-3+/t27-,29+,32-,36-,46+/m0/s1. The maximum Gasteiger partial charge on any atom is 0.286 e. The van der Waals surface area contributed by atoms with Crippen LogP contribution in [0.4, 0.5) is 5.69 Å². The molecule has 2 aromatic carbocycles. The van der Waals surface area contributed by atoms with E-state index >= 15 is 0 Å². The lowest BCUT2D eigenvalue weighted by molar-refractivity contribution is -0.119. The maximum absolute atomic E-state index is 14.0. The van der Waals surface area contributed by atoms with Gasteiger partial charge in [-0.2, -0.15) is 0 Å². The summed E-state index contributed by atoms with van der Waals surface area (Å²) in [4.78, 5) is 28.9. The Bertz CT molecular complexity index is 1660. The van der Waals surface area contributed by atoms with Crippen molar-refractivity contribution in [2.75, 3.05) is 37.5 Å². The molecule has 1 spiro atoms. The Hall–Kier alpha value is -2.88. The molecule has 2 amide bonds. The number of rotatable bonds is 4. The fraction of sp³-hybridized carbons (Fsp3) is 0.556. The number of allylic oxidation sites excluding steroid dienone is 1. The first-order valence-electron chi connectivity index (χ1n) is 16.8. The third-order valence-electron chi connectivity index (χ3n) is 10.7. The van der Waals surface area contributed by atoms with Crippen molar-refractivity contribution in [3.63, 3.8) is 0 Å². The van der Waals surface area contributed by atoms with Crippen molar-refractivity contribution in [1.82, 2.24) is 4.72 Å². The number of fused-ring (bicyclic) bond motifs is 4. The van der Waals surface area contributed by atoms with E-state index in [2.05, 4.69) is 38.3 Å². The van der Waals surface area contributed by atoms with Crippen LogP contribution >= 0.6 is 11.6 Å². The summed E-state index contributed by atoms with van der Waals surface area (Å²) in [6.07, 6.45) is 13.0. The molecule has 5 aliphatic rings. The summed E-state index contributed by atoms with van der Waals surface area (Å²) in [6.45, 7) is 2.08. The molecule has 0 aromatic heterocycles. The van der Waals surface area contributed by atoms with Gasteiger partial charge in [0.2, 0.25) is 5.91 Å². The summed E-state index contributed by atoms with van der Waals surface area (Å²) in [5, 5.41) is 0.752. The molecule has 0 radical (unpaired) electrons. The number of carbonyl (C=O) groups is 2. The Morgan fingerprint density at radius 1 is 1.17 bits per heavy atom. The van der Waals surface area contributed by atoms with Crippen LogP contribution in [0.15, 0.2) is 52.9 Å². The van der Waals surface area contributed by atoms with Crippen molar-refractivity contribution in [2.45, 2.75) is 75.7 Å². The minimum absolute atomic E-state index is 0.0129. The van der Waals surface area contributed by atoms with Crippen LogP contribution < -0.4 is 14.4 Å². The number of carbonyl (C=O) groups excluding carboxylic acids is 2. The number of nitrogens with one attached hydrogen (secondary N) is 1. The van der Waals surface area contributed by atoms with Gasteiger partial charge in [-0.05, 0) is 117 Å². The maximum atomic E-state index is 14.0. The molecule has 0 saturated heterocycles. The van der Waals surface area contributed by atoms with E-state index in [0.29, 0.717) is 49.2 Å². The second kappa shape index (κ2) is 13.0. The largest absolute Gasteiger partial charge is 0.490 e. The van der Waals surface area contributed by atoms with E-state index in [0.717, 1.165) is 74.5 Å². The second-order valence-corrected chi connectivity index (χ2v) is 16.5. The number of hydrogen-bond donors (Lipinski definition) is 1. The van der Waals surface area contributed by atoms with Gasteiger partial charge in [-0.1, -0.05) is 29.8 Å². The molecule has 2 saturated carbocycles. The molecule has 246 valence electrons. The predicted molar refractivity (Wildman–Crippen MR) is 181 cm³/mol. The lowest BCUT2D eigenvalue weighted by Gasteiger charge is -2.46. The number of methoxy groups -OCH3 is 1. The summed E-state index contributed by atoms with van der Waals surface area (Å²) in [7, 11) is -1.53.